The molecule has 3 nitrogen and oxygen atoms in total. The quantitative estimate of drug-likeness (QED) is 0.834. The van der Waals surface area contributed by atoms with Gasteiger partial charge in [0.2, 0.25) is 0 Å². The number of amides is 1. The van der Waals surface area contributed by atoms with Gasteiger partial charge in [-0.05, 0) is 44.4 Å². The highest BCUT2D eigenvalue weighted by Gasteiger charge is 2.33. The maximum absolute atomic E-state index is 11.9. The van der Waals surface area contributed by atoms with Crippen LogP contribution in [0.15, 0.2) is 18.2 Å². The van der Waals surface area contributed by atoms with Crippen LogP contribution in [0.1, 0.15) is 36.5 Å². The summed E-state index contributed by atoms with van der Waals surface area (Å²) in [7, 11) is 0. The van der Waals surface area contributed by atoms with Crippen molar-refractivity contribution < 1.29 is 9.90 Å². The number of hydrogen-bond acceptors (Lipinski definition) is 2. The second-order valence-electron chi connectivity index (χ2n) is 4.53. The van der Waals surface area contributed by atoms with Gasteiger partial charge in [0.05, 0.1) is 10.6 Å². The summed E-state index contributed by atoms with van der Waals surface area (Å²) >= 11 is 5.91. The number of benzene rings is 1. The topological polar surface area (TPSA) is 49.3 Å². The molecule has 1 aliphatic carbocycles. The Hall–Kier alpha value is -1.22. The minimum Gasteiger partial charge on any atom is -0.508 e. The highest BCUT2D eigenvalue weighted by atomic mass is 35.5. The van der Waals surface area contributed by atoms with Gasteiger partial charge in [0.25, 0.3) is 5.91 Å². The Morgan fingerprint density at radius 1 is 1.50 bits per heavy atom. The molecule has 4 heteroatoms. The zero-order valence-electron chi connectivity index (χ0n) is 9.09. The first-order chi connectivity index (χ1) is 7.50. The Labute approximate surface area is 99.4 Å². The van der Waals surface area contributed by atoms with Crippen molar-refractivity contribution in [2.45, 2.75) is 31.7 Å². The smallest absolute Gasteiger partial charge is 0.253 e. The van der Waals surface area contributed by atoms with Crippen LogP contribution < -0.4 is 5.32 Å². The summed E-state index contributed by atoms with van der Waals surface area (Å²) in [5.74, 6) is -0.170. The Morgan fingerprint density at radius 2 is 2.19 bits per heavy atom. The van der Waals surface area contributed by atoms with Crippen LogP contribution in [0.4, 0.5) is 0 Å². The van der Waals surface area contributed by atoms with Crippen molar-refractivity contribution in [3.63, 3.8) is 0 Å². The van der Waals surface area contributed by atoms with Crippen LogP contribution in [0.2, 0.25) is 5.02 Å². The highest BCUT2D eigenvalue weighted by Crippen LogP contribution is 2.32. The van der Waals surface area contributed by atoms with E-state index in [1.54, 1.807) is 0 Å². The third kappa shape index (κ3) is 2.14. The maximum atomic E-state index is 11.9. The van der Waals surface area contributed by atoms with Crippen LogP contribution in [-0.4, -0.2) is 16.6 Å². The number of phenolic OH excluding ortho intramolecular Hbond substituents is 1. The zero-order chi connectivity index (χ0) is 11.8. The predicted octanol–water partition coefficient (Wildman–Crippen LogP) is 2.72. The number of rotatable bonds is 2. The number of carbonyl (C=O) groups is 1. The average molecular weight is 240 g/mol. The lowest BCUT2D eigenvalue weighted by Gasteiger charge is -2.39. The van der Waals surface area contributed by atoms with E-state index in [-0.39, 0.29) is 17.2 Å². The second-order valence-corrected chi connectivity index (χ2v) is 4.94. The summed E-state index contributed by atoms with van der Waals surface area (Å²) in [6.07, 6.45) is 3.13. The minimum atomic E-state index is -0.219. The number of phenols is 1. The van der Waals surface area contributed by atoms with E-state index in [0.29, 0.717) is 10.6 Å². The van der Waals surface area contributed by atoms with E-state index in [4.69, 9.17) is 11.6 Å². The Balaban J connectivity index is 2.17. The normalized spacial score (nSPS) is 17.6. The standard InChI is InChI=1S/C12H14ClNO2/c1-12(5-2-6-12)14-11(16)9-7-8(15)3-4-10(9)13/h3-4,7,15H,2,5-6H2,1H3,(H,14,16). The van der Waals surface area contributed by atoms with Crippen molar-refractivity contribution in [1.29, 1.82) is 0 Å². The van der Waals surface area contributed by atoms with Gasteiger partial charge in [-0.25, -0.2) is 0 Å². The molecule has 0 aliphatic heterocycles. The summed E-state index contributed by atoms with van der Waals surface area (Å²) in [4.78, 5) is 11.9. The molecule has 2 rings (SSSR count). The first kappa shape index (κ1) is 11.3. The van der Waals surface area contributed by atoms with Crippen LogP contribution >= 0.6 is 11.6 Å². The zero-order valence-corrected chi connectivity index (χ0v) is 9.84. The third-order valence-corrected chi connectivity index (χ3v) is 3.40. The highest BCUT2D eigenvalue weighted by molar-refractivity contribution is 6.33. The number of carbonyl (C=O) groups excluding carboxylic acids is 1. The molecule has 1 fully saturated rings. The van der Waals surface area contributed by atoms with E-state index >= 15 is 0 Å². The van der Waals surface area contributed by atoms with Crippen molar-refractivity contribution in [3.05, 3.63) is 28.8 Å². The molecule has 1 saturated carbocycles. The lowest BCUT2D eigenvalue weighted by Crippen LogP contribution is -2.50. The molecule has 1 aromatic carbocycles. The summed E-state index contributed by atoms with van der Waals surface area (Å²) < 4.78 is 0. The molecule has 1 aromatic rings. The van der Waals surface area contributed by atoms with Gasteiger partial charge in [-0.1, -0.05) is 11.6 Å². The molecule has 2 N–H and O–H groups in total. The van der Waals surface area contributed by atoms with Crippen molar-refractivity contribution >= 4 is 17.5 Å². The predicted molar refractivity (Wildman–Crippen MR) is 62.8 cm³/mol. The molecule has 0 unspecified atom stereocenters. The Bertz CT molecular complexity index is 427. The van der Waals surface area contributed by atoms with E-state index in [1.807, 2.05) is 6.92 Å². The molecule has 0 heterocycles. The molecule has 16 heavy (non-hydrogen) atoms. The van der Waals surface area contributed by atoms with Crippen molar-refractivity contribution in [1.82, 2.24) is 5.32 Å². The molecule has 1 aliphatic rings. The van der Waals surface area contributed by atoms with Gasteiger partial charge < -0.3 is 10.4 Å². The summed E-state index contributed by atoms with van der Waals surface area (Å²) in [6, 6.07) is 4.37. The third-order valence-electron chi connectivity index (χ3n) is 3.07. The molecular weight excluding hydrogens is 226 g/mol. The number of halogens is 1. The van der Waals surface area contributed by atoms with E-state index in [2.05, 4.69) is 5.32 Å². The summed E-state index contributed by atoms with van der Waals surface area (Å²) in [5, 5.41) is 12.6. The van der Waals surface area contributed by atoms with E-state index in [1.165, 1.54) is 18.2 Å². The molecule has 1 amide bonds. The summed E-state index contributed by atoms with van der Waals surface area (Å²) in [6.45, 7) is 2.02. The fourth-order valence-electron chi connectivity index (χ4n) is 1.86. The fourth-order valence-corrected chi connectivity index (χ4v) is 2.06. The fraction of sp³-hybridized carbons (Fsp3) is 0.417. The second kappa shape index (κ2) is 3.98. The van der Waals surface area contributed by atoms with Crippen molar-refractivity contribution in [2.75, 3.05) is 0 Å². The SMILES string of the molecule is CC1(NC(=O)c2cc(O)ccc2Cl)CCC1. The van der Waals surface area contributed by atoms with Gasteiger partial charge in [-0.2, -0.15) is 0 Å². The van der Waals surface area contributed by atoms with Gasteiger partial charge in [0.15, 0.2) is 0 Å². The number of hydrogen-bond donors (Lipinski definition) is 2. The van der Waals surface area contributed by atoms with Crippen molar-refractivity contribution in [2.24, 2.45) is 0 Å². The van der Waals surface area contributed by atoms with Gasteiger partial charge in [0.1, 0.15) is 5.75 Å². The van der Waals surface area contributed by atoms with Crippen LogP contribution in [0.5, 0.6) is 5.75 Å². The van der Waals surface area contributed by atoms with Crippen molar-refractivity contribution in [3.8, 4) is 5.75 Å². The lowest BCUT2D eigenvalue weighted by molar-refractivity contribution is 0.0850. The monoisotopic (exact) mass is 239 g/mol. The number of nitrogens with one attached hydrogen (secondary N) is 1. The van der Waals surface area contributed by atoms with Gasteiger partial charge in [-0.3, -0.25) is 4.79 Å². The largest absolute Gasteiger partial charge is 0.508 e. The Morgan fingerprint density at radius 3 is 2.75 bits per heavy atom. The molecule has 0 spiro atoms. The molecule has 0 saturated heterocycles. The molecular formula is C12H14ClNO2. The van der Waals surface area contributed by atoms with Gasteiger partial charge in [0, 0.05) is 5.54 Å². The van der Waals surface area contributed by atoms with Gasteiger partial charge in [-0.15, -0.1) is 0 Å². The molecule has 0 atom stereocenters. The Kier molecular flexibility index (Phi) is 2.80. The van der Waals surface area contributed by atoms with Crippen LogP contribution in [0, 0.1) is 0 Å². The van der Waals surface area contributed by atoms with E-state index in [0.717, 1.165) is 19.3 Å². The van der Waals surface area contributed by atoms with Gasteiger partial charge >= 0.3 is 0 Å². The van der Waals surface area contributed by atoms with Crippen LogP contribution in [0.25, 0.3) is 0 Å². The number of aromatic hydroxyl groups is 1. The minimum absolute atomic E-state index is 0.0494. The molecule has 0 radical (unpaired) electrons. The molecule has 0 aromatic heterocycles. The van der Waals surface area contributed by atoms with Crippen LogP contribution in [-0.2, 0) is 0 Å². The average Bonchev–Trinajstić information content (AvgIpc) is 2.19. The lowest BCUT2D eigenvalue weighted by atomic mass is 9.78. The molecule has 86 valence electrons. The van der Waals surface area contributed by atoms with E-state index < -0.39 is 0 Å². The molecule has 0 bridgehead atoms. The maximum Gasteiger partial charge on any atom is 0.253 e. The van der Waals surface area contributed by atoms with Crippen LogP contribution in [0.3, 0.4) is 0 Å². The summed E-state index contributed by atoms with van der Waals surface area (Å²) in [5.41, 5.74) is 0.223. The first-order valence-corrected chi connectivity index (χ1v) is 5.69. The van der Waals surface area contributed by atoms with E-state index in [9.17, 15) is 9.90 Å². The first-order valence-electron chi connectivity index (χ1n) is 5.31.